The molecular formula is C10H16ClN3. The highest BCUT2D eigenvalue weighted by atomic mass is 35.5. The first-order chi connectivity index (χ1) is 6.65. The fraction of sp³-hybridized carbons (Fsp3) is 0.600. The van der Waals surface area contributed by atoms with E-state index >= 15 is 0 Å². The van der Waals surface area contributed by atoms with Crippen molar-refractivity contribution in [3.8, 4) is 0 Å². The number of aromatic nitrogens is 2. The number of nitrogens with one attached hydrogen (secondary N) is 1. The van der Waals surface area contributed by atoms with E-state index in [1.165, 1.54) is 0 Å². The molecule has 14 heavy (non-hydrogen) atoms. The smallest absolute Gasteiger partial charge is 0.147 e. The second-order valence-corrected chi connectivity index (χ2v) is 3.91. The van der Waals surface area contributed by atoms with E-state index in [1.807, 2.05) is 6.92 Å². The quantitative estimate of drug-likeness (QED) is 0.782. The van der Waals surface area contributed by atoms with Crippen LogP contribution in [-0.4, -0.2) is 21.4 Å². The van der Waals surface area contributed by atoms with E-state index in [4.69, 9.17) is 11.6 Å². The molecule has 2 atom stereocenters. The first-order valence-corrected chi connectivity index (χ1v) is 5.27. The molecule has 0 amide bonds. The predicted molar refractivity (Wildman–Crippen MR) is 59.8 cm³/mol. The van der Waals surface area contributed by atoms with E-state index in [0.29, 0.717) is 0 Å². The van der Waals surface area contributed by atoms with Crippen LogP contribution in [-0.2, 0) is 0 Å². The van der Waals surface area contributed by atoms with Gasteiger partial charge in [0.2, 0.25) is 0 Å². The molecule has 1 rings (SSSR count). The first kappa shape index (κ1) is 11.2. The van der Waals surface area contributed by atoms with E-state index < -0.39 is 0 Å². The molecule has 78 valence electrons. The highest BCUT2D eigenvalue weighted by molar-refractivity contribution is 6.21. The summed E-state index contributed by atoms with van der Waals surface area (Å²) in [6.07, 6.45) is 4.30. The highest BCUT2D eigenvalue weighted by Gasteiger charge is 2.13. The van der Waals surface area contributed by atoms with Gasteiger partial charge < -0.3 is 5.32 Å². The van der Waals surface area contributed by atoms with E-state index in [1.54, 1.807) is 12.4 Å². The van der Waals surface area contributed by atoms with Gasteiger partial charge in [-0.15, -0.1) is 11.6 Å². The largest absolute Gasteiger partial charge is 0.365 e. The summed E-state index contributed by atoms with van der Waals surface area (Å²) in [6.45, 7) is 6.05. The van der Waals surface area contributed by atoms with Crippen molar-refractivity contribution in [2.45, 2.75) is 38.6 Å². The van der Waals surface area contributed by atoms with Crippen LogP contribution < -0.4 is 5.32 Å². The van der Waals surface area contributed by atoms with Crippen LogP contribution >= 0.6 is 11.6 Å². The van der Waals surface area contributed by atoms with E-state index in [9.17, 15) is 0 Å². The predicted octanol–water partition coefficient (Wildman–Crippen LogP) is 2.60. The average Bonchev–Trinajstić information content (AvgIpc) is 2.20. The van der Waals surface area contributed by atoms with Crippen LogP contribution in [0.2, 0.25) is 0 Å². The van der Waals surface area contributed by atoms with Crippen LogP contribution in [0, 0.1) is 6.92 Å². The lowest BCUT2D eigenvalue weighted by Gasteiger charge is -2.19. The van der Waals surface area contributed by atoms with Crippen molar-refractivity contribution in [1.29, 1.82) is 0 Å². The number of nitrogens with zero attached hydrogens (tertiary/aromatic N) is 2. The van der Waals surface area contributed by atoms with E-state index in [0.717, 1.165) is 17.9 Å². The molecule has 2 unspecified atom stereocenters. The lowest BCUT2D eigenvalue weighted by atomic mass is 10.2. The van der Waals surface area contributed by atoms with Crippen LogP contribution in [0.5, 0.6) is 0 Å². The van der Waals surface area contributed by atoms with Crippen molar-refractivity contribution in [3.05, 3.63) is 18.1 Å². The van der Waals surface area contributed by atoms with Crippen LogP contribution in [0.25, 0.3) is 0 Å². The Morgan fingerprint density at radius 3 is 2.64 bits per heavy atom. The van der Waals surface area contributed by atoms with Gasteiger partial charge in [0.15, 0.2) is 0 Å². The Morgan fingerprint density at radius 2 is 2.07 bits per heavy atom. The molecule has 0 aromatic carbocycles. The number of hydrogen-bond acceptors (Lipinski definition) is 3. The molecule has 0 spiro atoms. The molecule has 4 heteroatoms. The third-order valence-electron chi connectivity index (χ3n) is 2.18. The minimum Gasteiger partial charge on any atom is -0.365 e. The normalized spacial score (nSPS) is 14.9. The van der Waals surface area contributed by atoms with Crippen molar-refractivity contribution < 1.29 is 0 Å². The van der Waals surface area contributed by atoms with Crippen molar-refractivity contribution in [2.75, 3.05) is 5.32 Å². The van der Waals surface area contributed by atoms with Gasteiger partial charge in [-0.05, 0) is 20.3 Å². The number of rotatable bonds is 4. The second-order valence-electron chi connectivity index (χ2n) is 3.35. The Balaban J connectivity index is 2.64. The number of anilines is 1. The summed E-state index contributed by atoms with van der Waals surface area (Å²) in [7, 11) is 0. The van der Waals surface area contributed by atoms with Gasteiger partial charge in [0, 0.05) is 18.4 Å². The molecule has 1 aromatic heterocycles. The van der Waals surface area contributed by atoms with Gasteiger partial charge in [0.25, 0.3) is 0 Å². The molecule has 0 aliphatic carbocycles. The molecule has 0 fully saturated rings. The minimum absolute atomic E-state index is 0.122. The summed E-state index contributed by atoms with van der Waals surface area (Å²) >= 11 is 6.11. The maximum absolute atomic E-state index is 6.11. The molecule has 0 saturated carbocycles. The monoisotopic (exact) mass is 213 g/mol. The van der Waals surface area contributed by atoms with Gasteiger partial charge in [0.1, 0.15) is 5.82 Å². The van der Waals surface area contributed by atoms with E-state index in [2.05, 4.69) is 29.1 Å². The highest BCUT2D eigenvalue weighted by Crippen LogP contribution is 2.14. The SMILES string of the molecule is CCC(Cl)C(C)Nc1nccnc1C. The third kappa shape index (κ3) is 2.84. The van der Waals surface area contributed by atoms with Crippen LogP contribution in [0.3, 0.4) is 0 Å². The van der Waals surface area contributed by atoms with Crippen molar-refractivity contribution in [1.82, 2.24) is 9.97 Å². The van der Waals surface area contributed by atoms with Gasteiger partial charge in [-0.25, -0.2) is 4.98 Å². The molecule has 3 nitrogen and oxygen atoms in total. The van der Waals surface area contributed by atoms with Crippen LogP contribution in [0.4, 0.5) is 5.82 Å². The summed E-state index contributed by atoms with van der Waals surface area (Å²) in [5.41, 5.74) is 0.902. The van der Waals surface area contributed by atoms with Crippen LogP contribution in [0.15, 0.2) is 12.4 Å². The first-order valence-electron chi connectivity index (χ1n) is 4.83. The molecule has 1 N–H and O–H groups in total. The summed E-state index contributed by atoms with van der Waals surface area (Å²) in [4.78, 5) is 8.35. The van der Waals surface area contributed by atoms with Crippen molar-refractivity contribution in [2.24, 2.45) is 0 Å². The fourth-order valence-electron chi connectivity index (χ4n) is 1.21. The average molecular weight is 214 g/mol. The molecule has 0 radical (unpaired) electrons. The summed E-state index contributed by atoms with van der Waals surface area (Å²) in [5, 5.41) is 3.38. The standard InChI is InChI=1S/C10H16ClN3/c1-4-9(11)7(2)14-10-8(3)12-5-6-13-10/h5-7,9H,4H2,1-3H3,(H,13,14). The lowest BCUT2D eigenvalue weighted by molar-refractivity contribution is 0.695. The Hall–Kier alpha value is -0.830. The summed E-state index contributed by atoms with van der Waals surface area (Å²) < 4.78 is 0. The number of alkyl halides is 1. The van der Waals surface area contributed by atoms with Gasteiger partial charge in [-0.3, -0.25) is 4.98 Å². The Kier molecular flexibility index (Phi) is 4.14. The zero-order chi connectivity index (χ0) is 10.6. The van der Waals surface area contributed by atoms with Gasteiger partial charge in [-0.1, -0.05) is 6.92 Å². The Bertz CT molecular complexity index is 290. The molecule has 0 aliphatic heterocycles. The molecule has 1 aromatic rings. The van der Waals surface area contributed by atoms with Crippen molar-refractivity contribution >= 4 is 17.4 Å². The Morgan fingerprint density at radius 1 is 1.43 bits per heavy atom. The van der Waals surface area contributed by atoms with Crippen LogP contribution in [0.1, 0.15) is 26.0 Å². The van der Waals surface area contributed by atoms with Crippen molar-refractivity contribution in [3.63, 3.8) is 0 Å². The maximum atomic E-state index is 6.11. The minimum atomic E-state index is 0.122. The number of hydrogen-bond donors (Lipinski definition) is 1. The molecule has 0 saturated heterocycles. The molecule has 0 aliphatic rings. The molecular weight excluding hydrogens is 198 g/mol. The maximum Gasteiger partial charge on any atom is 0.147 e. The topological polar surface area (TPSA) is 37.8 Å². The Labute approximate surface area is 89.9 Å². The van der Waals surface area contributed by atoms with E-state index in [-0.39, 0.29) is 11.4 Å². The fourth-order valence-corrected chi connectivity index (χ4v) is 1.27. The third-order valence-corrected chi connectivity index (χ3v) is 2.86. The van der Waals surface area contributed by atoms with Gasteiger partial charge in [-0.2, -0.15) is 0 Å². The number of aryl methyl sites for hydroxylation is 1. The zero-order valence-corrected chi connectivity index (χ0v) is 9.54. The molecule has 0 bridgehead atoms. The summed E-state index contributed by atoms with van der Waals surface area (Å²) in [6, 6.07) is 0.206. The summed E-state index contributed by atoms with van der Waals surface area (Å²) in [5.74, 6) is 0.819. The van der Waals surface area contributed by atoms with Gasteiger partial charge in [0.05, 0.1) is 11.1 Å². The molecule has 1 heterocycles. The second kappa shape index (κ2) is 5.15. The lowest BCUT2D eigenvalue weighted by Crippen LogP contribution is -2.26. The zero-order valence-electron chi connectivity index (χ0n) is 8.79. The number of halogens is 1. The van der Waals surface area contributed by atoms with Gasteiger partial charge >= 0.3 is 0 Å².